The summed E-state index contributed by atoms with van der Waals surface area (Å²) >= 11 is 0. The van der Waals surface area contributed by atoms with Gasteiger partial charge >= 0.3 is 55.3 Å². The summed E-state index contributed by atoms with van der Waals surface area (Å²) in [6.45, 7) is 4.33. The third-order valence-electron chi connectivity index (χ3n) is 13.5. The van der Waals surface area contributed by atoms with E-state index in [-0.39, 0.29) is 12.3 Å². The lowest BCUT2D eigenvalue weighted by Crippen LogP contribution is -2.75. The van der Waals surface area contributed by atoms with E-state index < -0.39 is 195 Å². The van der Waals surface area contributed by atoms with E-state index >= 15 is 0 Å². The molecule has 3 nitrogen and oxygen atoms in total. The molecule has 7 aromatic carbocycles. The fraction of sp³-hybridized carbons (Fsp3) is 0.193. The number of hydrogen-bond donors (Lipinski definition) is 0. The Morgan fingerprint density at radius 3 is 1.02 bits per heavy atom. The summed E-state index contributed by atoms with van der Waals surface area (Å²) < 4.78 is 349. The van der Waals surface area contributed by atoms with E-state index in [0.717, 1.165) is 22.2 Å². The third-order valence-corrected chi connectivity index (χ3v) is 13.5. The van der Waals surface area contributed by atoms with Crippen LogP contribution in [0.25, 0.3) is 10.9 Å². The van der Waals surface area contributed by atoms with Gasteiger partial charge in [-0.05, 0) is 67.4 Å². The minimum absolute atomic E-state index is 0.0489. The highest BCUT2D eigenvalue weighted by Gasteiger charge is 2.47. The third kappa shape index (κ3) is 14.3. The van der Waals surface area contributed by atoms with E-state index in [1.807, 2.05) is 90.4 Å². The zero-order valence-electron chi connectivity index (χ0n) is 42.6. The van der Waals surface area contributed by atoms with Crippen LogP contribution in [0.3, 0.4) is 0 Å². The van der Waals surface area contributed by atoms with Gasteiger partial charge in [0.2, 0.25) is 17.8 Å². The SMILES string of the molecule is Cc1cccc(Oc2ccc3ccccc3[n+]2CC(=O)c2ccccc2)c1C.FC(F)(F)c1cc([B-](c2cc(C(F)(F)F)cc(C(F)(F)F)c2)(c2cc(C(F)(F)F)cc(C(F)(F)F)c2)c2cc(C(F)(F)F)cc(C(F)(F)F)c2)cc(C(F)(F)F)c1. The van der Waals surface area contributed by atoms with E-state index in [4.69, 9.17) is 4.74 Å². The molecule has 1 heterocycles. The van der Waals surface area contributed by atoms with Crippen LogP contribution in [0.2, 0.25) is 0 Å². The van der Waals surface area contributed by atoms with E-state index in [2.05, 4.69) is 13.0 Å². The number of carbonyl (C=O) groups is 1. The summed E-state index contributed by atoms with van der Waals surface area (Å²) in [5, 5.41) is 1.07. The number of ether oxygens (including phenoxy) is 1. The van der Waals surface area contributed by atoms with Crippen molar-refractivity contribution in [2.45, 2.75) is 69.8 Å². The molecule has 0 spiro atoms. The monoisotopic (exact) mass is 1230 g/mol. The Kier molecular flexibility index (Phi) is 17.2. The summed E-state index contributed by atoms with van der Waals surface area (Å²) in [5.74, 6) is 1.50. The van der Waals surface area contributed by atoms with E-state index in [9.17, 15) is 110 Å². The van der Waals surface area contributed by atoms with Crippen LogP contribution in [0.15, 0.2) is 158 Å². The molecule has 0 N–H and O–H groups in total. The largest absolute Gasteiger partial charge is 0.416 e. The first-order chi connectivity index (χ1) is 38.9. The fourth-order valence-corrected chi connectivity index (χ4v) is 9.37. The summed E-state index contributed by atoms with van der Waals surface area (Å²) in [5.41, 5.74) is -26.3. The van der Waals surface area contributed by atoms with Gasteiger partial charge in [0.15, 0.2) is 0 Å². The molecule has 1 aromatic heterocycles. The van der Waals surface area contributed by atoms with Gasteiger partial charge in [-0.2, -0.15) is 132 Å². The maximum absolute atomic E-state index is 14.2. The van der Waals surface area contributed by atoms with Gasteiger partial charge in [0.1, 0.15) is 11.9 Å². The topological polar surface area (TPSA) is 30.2 Å². The number of para-hydroxylation sites is 1. The molecule has 0 fully saturated rings. The molecule has 0 radical (unpaired) electrons. The van der Waals surface area contributed by atoms with Crippen LogP contribution in [-0.2, 0) is 56.0 Å². The molecule has 0 aliphatic rings. The maximum Gasteiger partial charge on any atom is 0.416 e. The fourth-order valence-electron chi connectivity index (χ4n) is 9.37. The molecule has 0 unspecified atom stereocenters. The van der Waals surface area contributed by atoms with Crippen molar-refractivity contribution in [2.75, 3.05) is 0 Å². The van der Waals surface area contributed by atoms with Gasteiger partial charge in [0, 0.05) is 17.0 Å². The Labute approximate surface area is 463 Å². The minimum atomic E-state index is -6.13. The quantitative estimate of drug-likeness (QED) is 0.0624. The van der Waals surface area contributed by atoms with Gasteiger partial charge in [-0.25, -0.2) is 0 Å². The highest BCUT2D eigenvalue weighted by atomic mass is 19.4. The zero-order valence-corrected chi connectivity index (χ0v) is 42.6. The minimum Gasteiger partial charge on any atom is -0.405 e. The molecule has 0 aliphatic carbocycles. The van der Waals surface area contributed by atoms with Crippen LogP contribution in [0.5, 0.6) is 11.6 Å². The molecule has 0 saturated heterocycles. The summed E-state index contributed by atoms with van der Waals surface area (Å²) in [4.78, 5) is 12.9. The highest BCUT2D eigenvalue weighted by Crippen LogP contribution is 2.42. The van der Waals surface area contributed by atoms with Gasteiger partial charge < -0.3 is 4.74 Å². The first-order valence-electron chi connectivity index (χ1n) is 24.0. The van der Waals surface area contributed by atoms with Gasteiger partial charge in [0.05, 0.1) is 50.6 Å². The molecule has 450 valence electrons. The Morgan fingerprint density at radius 2 is 0.694 bits per heavy atom. The molecular formula is C57H34BF24NO2. The second kappa shape index (κ2) is 22.7. The average molecular weight is 1230 g/mol. The molecule has 0 saturated carbocycles. The smallest absolute Gasteiger partial charge is 0.405 e. The Bertz CT molecular complexity index is 3340. The zero-order chi connectivity index (χ0) is 63.4. The normalized spacial score (nSPS) is 13.2. The van der Waals surface area contributed by atoms with Crippen LogP contribution in [0.4, 0.5) is 105 Å². The van der Waals surface area contributed by atoms with Gasteiger partial charge in [-0.1, -0.05) is 103 Å². The lowest BCUT2D eigenvalue weighted by molar-refractivity contribution is -0.661. The van der Waals surface area contributed by atoms with Crippen LogP contribution in [0, 0.1) is 13.8 Å². The highest BCUT2D eigenvalue weighted by molar-refractivity contribution is 7.20. The van der Waals surface area contributed by atoms with E-state index in [1.54, 1.807) is 0 Å². The molecule has 8 aromatic rings. The number of benzene rings is 7. The number of alkyl halides is 24. The van der Waals surface area contributed by atoms with Crippen molar-refractivity contribution in [3.05, 3.63) is 219 Å². The van der Waals surface area contributed by atoms with Crippen molar-refractivity contribution in [3.63, 3.8) is 0 Å². The lowest BCUT2D eigenvalue weighted by atomic mass is 9.12. The van der Waals surface area contributed by atoms with Crippen molar-refractivity contribution in [1.29, 1.82) is 0 Å². The van der Waals surface area contributed by atoms with Crippen molar-refractivity contribution < 1.29 is 119 Å². The number of Topliss-reactive ketones (excluding diaryl/α,β-unsaturated/α-hetero) is 1. The van der Waals surface area contributed by atoms with E-state index in [0.29, 0.717) is 11.4 Å². The number of halogens is 24. The number of fused-ring (bicyclic) bond motifs is 1. The van der Waals surface area contributed by atoms with Crippen LogP contribution in [0.1, 0.15) is 66.0 Å². The van der Waals surface area contributed by atoms with Crippen molar-refractivity contribution in [2.24, 2.45) is 0 Å². The second-order valence-electron chi connectivity index (χ2n) is 19.1. The van der Waals surface area contributed by atoms with Crippen molar-refractivity contribution in [3.8, 4) is 11.6 Å². The first-order valence-corrected chi connectivity index (χ1v) is 24.0. The average Bonchev–Trinajstić information content (AvgIpc) is 0.780. The molecule has 0 aliphatic heterocycles. The summed E-state index contributed by atoms with van der Waals surface area (Å²) in [6.07, 6.45) is -54.8. The molecule has 8 rings (SSSR count). The Hall–Kier alpha value is -8.20. The molecular weight excluding hydrogens is 1200 g/mol. The number of ketones is 1. The van der Waals surface area contributed by atoms with Gasteiger partial charge in [-0.3, -0.25) is 4.79 Å². The van der Waals surface area contributed by atoms with Crippen LogP contribution in [-0.4, -0.2) is 11.9 Å². The molecule has 0 amide bonds. The second-order valence-corrected chi connectivity index (χ2v) is 19.1. The number of aryl methyl sites for hydroxylation is 1. The number of pyridine rings is 1. The molecule has 0 bridgehead atoms. The molecule has 85 heavy (non-hydrogen) atoms. The van der Waals surface area contributed by atoms with Gasteiger partial charge in [-0.15, -0.1) is 0 Å². The Morgan fingerprint density at radius 1 is 0.376 bits per heavy atom. The molecule has 28 heteroatoms. The van der Waals surface area contributed by atoms with Gasteiger partial charge in [0.25, 0.3) is 0 Å². The summed E-state index contributed by atoms with van der Waals surface area (Å²) in [6, 6.07) is 18.6. The lowest BCUT2D eigenvalue weighted by Gasteiger charge is -2.46. The first kappa shape index (κ1) is 64.4. The molecule has 0 atom stereocenters. The predicted molar refractivity (Wildman–Crippen MR) is 261 cm³/mol. The number of aromatic nitrogens is 1. The Balaban J connectivity index is 0.000000306. The predicted octanol–water partition coefficient (Wildman–Crippen LogP) is 16.6. The van der Waals surface area contributed by atoms with Crippen LogP contribution >= 0.6 is 0 Å². The number of hydrogen-bond acceptors (Lipinski definition) is 2. The van der Waals surface area contributed by atoms with Crippen LogP contribution < -0.4 is 31.2 Å². The summed E-state index contributed by atoms with van der Waals surface area (Å²) in [7, 11) is 0. The standard InChI is InChI=1S/C32H12BF24.C25H22NO2/c34-25(35,36)13-1-14(26(37,38)39)6-21(5-13)33(22-7-15(27(40,41)42)2-16(8-22)28(43,44)45,23-9-17(29(46,47)48)3-18(10-23)30(49,50)51)24-11-19(31(52,53)54)4-20(12-24)32(55,56)57;1-18-9-8-14-24(19(18)2)28-25-16-15-20-10-6-7-13-22(20)26(25)17-23(27)21-11-4-3-5-12-21/h1-12H;3-16H,17H2,1-2H3/q-1;+1. The number of nitrogens with zero attached hydrogens (tertiary/aromatic N) is 1. The maximum atomic E-state index is 14.2. The van der Waals surface area contributed by atoms with E-state index in [1.165, 1.54) is 5.56 Å². The van der Waals surface area contributed by atoms with Crippen molar-refractivity contribution in [1.82, 2.24) is 0 Å². The number of carbonyl (C=O) groups excluding carboxylic acids is 1. The van der Waals surface area contributed by atoms with Crippen molar-refractivity contribution >= 4 is 44.7 Å². The number of rotatable bonds is 9.